The van der Waals surface area contributed by atoms with E-state index in [2.05, 4.69) is 63.9 Å². The van der Waals surface area contributed by atoms with Crippen LogP contribution in [0.3, 0.4) is 0 Å². The summed E-state index contributed by atoms with van der Waals surface area (Å²) in [5.41, 5.74) is 3.64. The molecule has 2 atom stereocenters. The Morgan fingerprint density at radius 1 is 1.18 bits per heavy atom. The molecule has 148 valence electrons. The van der Waals surface area contributed by atoms with Crippen molar-refractivity contribution in [1.82, 2.24) is 25.2 Å². The third kappa shape index (κ3) is 4.45. The molecule has 0 amide bonds. The number of fused-ring (bicyclic) bond motifs is 1. The van der Waals surface area contributed by atoms with E-state index in [1.807, 2.05) is 28.8 Å². The number of aromatic nitrogens is 3. The van der Waals surface area contributed by atoms with Crippen LogP contribution in [-0.4, -0.2) is 33.6 Å². The second kappa shape index (κ2) is 8.89. The van der Waals surface area contributed by atoms with Crippen LogP contribution in [0.15, 0.2) is 53.7 Å². The number of nitrogens with one attached hydrogen (secondary N) is 2. The number of nitrogens with zero attached hydrogens (tertiary/aromatic N) is 4. The Labute approximate surface area is 182 Å². The van der Waals surface area contributed by atoms with Crippen molar-refractivity contribution in [2.24, 2.45) is 4.99 Å². The molecule has 1 aromatic carbocycles. The maximum absolute atomic E-state index is 4.35. The van der Waals surface area contributed by atoms with Crippen molar-refractivity contribution in [3.05, 3.63) is 65.6 Å². The van der Waals surface area contributed by atoms with Crippen LogP contribution in [0, 0.1) is 0 Å². The fourth-order valence-electron chi connectivity index (χ4n) is 3.40. The zero-order valence-electron chi connectivity index (χ0n) is 16.5. The molecule has 6 nitrogen and oxygen atoms in total. The second-order valence-electron chi connectivity index (χ2n) is 7.39. The van der Waals surface area contributed by atoms with Crippen LogP contribution >= 0.6 is 24.0 Å². The molecule has 2 N–H and O–H groups in total. The summed E-state index contributed by atoms with van der Waals surface area (Å²) in [5, 5.41) is 15.3. The standard InChI is InChI=1S/C21H26N6.HI/c1-14(2)15-7-9-16(10-8-15)17-12-18(17)24-21(22-3)23-13-20-26-25-19-6-4-5-11-27(19)20;/h4-11,14,17-18H,12-13H2,1-3H3,(H2,22,23,24);1H. The van der Waals surface area contributed by atoms with Gasteiger partial charge >= 0.3 is 0 Å². The van der Waals surface area contributed by atoms with Crippen LogP contribution in [0.4, 0.5) is 0 Å². The van der Waals surface area contributed by atoms with E-state index in [0.717, 1.165) is 23.9 Å². The highest BCUT2D eigenvalue weighted by Gasteiger charge is 2.39. The third-order valence-electron chi connectivity index (χ3n) is 5.17. The molecule has 0 bridgehead atoms. The molecule has 3 aromatic rings. The van der Waals surface area contributed by atoms with Gasteiger partial charge in [0.1, 0.15) is 0 Å². The number of hydrogen-bond donors (Lipinski definition) is 2. The lowest BCUT2D eigenvalue weighted by Crippen LogP contribution is -2.39. The molecule has 0 saturated heterocycles. The molecule has 0 radical (unpaired) electrons. The normalized spacial score (nSPS) is 18.8. The molecule has 28 heavy (non-hydrogen) atoms. The number of guanidine groups is 1. The highest BCUT2D eigenvalue weighted by molar-refractivity contribution is 14.0. The quantitative estimate of drug-likeness (QED) is 0.325. The van der Waals surface area contributed by atoms with Gasteiger partial charge in [-0.2, -0.15) is 0 Å². The van der Waals surface area contributed by atoms with Crippen molar-refractivity contribution in [2.75, 3.05) is 7.05 Å². The van der Waals surface area contributed by atoms with Crippen molar-refractivity contribution in [1.29, 1.82) is 0 Å². The van der Waals surface area contributed by atoms with E-state index in [0.29, 0.717) is 24.4 Å². The third-order valence-corrected chi connectivity index (χ3v) is 5.17. The first-order valence-corrected chi connectivity index (χ1v) is 9.51. The highest BCUT2D eigenvalue weighted by Crippen LogP contribution is 2.41. The molecule has 0 spiro atoms. The van der Waals surface area contributed by atoms with E-state index in [1.165, 1.54) is 11.1 Å². The van der Waals surface area contributed by atoms with Crippen LogP contribution in [-0.2, 0) is 6.54 Å². The minimum Gasteiger partial charge on any atom is -0.353 e. The van der Waals surface area contributed by atoms with E-state index in [1.54, 1.807) is 7.05 Å². The van der Waals surface area contributed by atoms with Gasteiger partial charge < -0.3 is 10.6 Å². The Hall–Kier alpha value is -2.16. The van der Waals surface area contributed by atoms with Crippen LogP contribution in [0.1, 0.15) is 49.1 Å². The number of hydrogen-bond acceptors (Lipinski definition) is 3. The molecule has 1 saturated carbocycles. The van der Waals surface area contributed by atoms with Gasteiger partial charge in [-0.1, -0.05) is 44.2 Å². The van der Waals surface area contributed by atoms with Crippen LogP contribution < -0.4 is 10.6 Å². The average molecular weight is 490 g/mol. The summed E-state index contributed by atoms with van der Waals surface area (Å²) in [5.74, 6) is 2.79. The van der Waals surface area contributed by atoms with Gasteiger partial charge in [0.2, 0.25) is 0 Å². The Morgan fingerprint density at radius 2 is 1.96 bits per heavy atom. The Balaban J connectivity index is 0.00000225. The van der Waals surface area contributed by atoms with Gasteiger partial charge in [-0.3, -0.25) is 9.39 Å². The van der Waals surface area contributed by atoms with Gasteiger partial charge in [0.25, 0.3) is 0 Å². The van der Waals surface area contributed by atoms with Crippen LogP contribution in [0.2, 0.25) is 0 Å². The van der Waals surface area contributed by atoms with Gasteiger partial charge in [0.15, 0.2) is 17.4 Å². The fraction of sp³-hybridized carbons (Fsp3) is 0.381. The molecule has 2 heterocycles. The lowest BCUT2D eigenvalue weighted by atomic mass is 10.0. The summed E-state index contributed by atoms with van der Waals surface area (Å²) in [6, 6.07) is 15.3. The first kappa shape index (κ1) is 20.6. The topological polar surface area (TPSA) is 66.6 Å². The Morgan fingerprint density at radius 3 is 2.68 bits per heavy atom. The minimum absolute atomic E-state index is 0. The van der Waals surface area contributed by atoms with E-state index >= 15 is 0 Å². The maximum atomic E-state index is 4.35. The average Bonchev–Trinajstić information content (AvgIpc) is 3.35. The SMILES string of the molecule is CN=C(NCc1nnc2ccccn12)NC1CC1c1ccc(C(C)C)cc1.I. The van der Waals surface area contributed by atoms with E-state index in [4.69, 9.17) is 0 Å². The van der Waals surface area contributed by atoms with Crippen molar-refractivity contribution in [3.63, 3.8) is 0 Å². The smallest absolute Gasteiger partial charge is 0.191 e. The number of benzene rings is 1. The van der Waals surface area contributed by atoms with Gasteiger partial charge in [-0.25, -0.2) is 0 Å². The Kier molecular flexibility index (Phi) is 6.53. The highest BCUT2D eigenvalue weighted by atomic mass is 127. The first-order valence-electron chi connectivity index (χ1n) is 9.51. The summed E-state index contributed by atoms with van der Waals surface area (Å²) < 4.78 is 1.98. The minimum atomic E-state index is 0. The van der Waals surface area contributed by atoms with E-state index in [-0.39, 0.29) is 24.0 Å². The van der Waals surface area contributed by atoms with Crippen molar-refractivity contribution >= 4 is 35.6 Å². The zero-order chi connectivity index (χ0) is 18.8. The zero-order valence-corrected chi connectivity index (χ0v) is 18.8. The number of rotatable bonds is 5. The molecule has 4 rings (SSSR count). The lowest BCUT2D eigenvalue weighted by molar-refractivity contribution is 0.753. The number of aliphatic imine (C=N–C) groups is 1. The van der Waals surface area contributed by atoms with Crippen LogP contribution in [0.25, 0.3) is 5.65 Å². The van der Waals surface area contributed by atoms with Crippen LogP contribution in [0.5, 0.6) is 0 Å². The second-order valence-corrected chi connectivity index (χ2v) is 7.39. The summed E-state index contributed by atoms with van der Waals surface area (Å²) in [7, 11) is 1.80. The largest absolute Gasteiger partial charge is 0.353 e. The fourth-order valence-corrected chi connectivity index (χ4v) is 3.40. The van der Waals surface area contributed by atoms with Gasteiger partial charge in [-0.05, 0) is 35.6 Å². The molecule has 2 aromatic heterocycles. The molecular formula is C21H27IN6. The summed E-state index contributed by atoms with van der Waals surface area (Å²) in [6.07, 6.45) is 3.11. The molecule has 1 aliphatic carbocycles. The molecular weight excluding hydrogens is 463 g/mol. The Bertz CT molecular complexity index is 947. The van der Waals surface area contributed by atoms with Gasteiger partial charge in [0, 0.05) is 25.2 Å². The molecule has 2 unspecified atom stereocenters. The number of pyridine rings is 1. The summed E-state index contributed by atoms with van der Waals surface area (Å²) >= 11 is 0. The number of halogens is 1. The first-order chi connectivity index (χ1) is 13.2. The molecule has 1 fully saturated rings. The van der Waals surface area contributed by atoms with Crippen molar-refractivity contribution < 1.29 is 0 Å². The van der Waals surface area contributed by atoms with Crippen molar-refractivity contribution in [2.45, 2.75) is 44.7 Å². The van der Waals surface area contributed by atoms with Gasteiger partial charge in [0.05, 0.1) is 6.54 Å². The lowest BCUT2D eigenvalue weighted by Gasteiger charge is -2.11. The van der Waals surface area contributed by atoms with E-state index in [9.17, 15) is 0 Å². The predicted molar refractivity (Wildman–Crippen MR) is 123 cm³/mol. The maximum Gasteiger partial charge on any atom is 0.191 e. The monoisotopic (exact) mass is 490 g/mol. The van der Waals surface area contributed by atoms with Crippen molar-refractivity contribution in [3.8, 4) is 0 Å². The predicted octanol–water partition coefficient (Wildman–Crippen LogP) is 3.69. The summed E-state index contributed by atoms with van der Waals surface area (Å²) in [4.78, 5) is 4.35. The van der Waals surface area contributed by atoms with Gasteiger partial charge in [-0.15, -0.1) is 34.2 Å². The molecule has 0 aliphatic heterocycles. The summed E-state index contributed by atoms with van der Waals surface area (Å²) in [6.45, 7) is 5.03. The molecule has 7 heteroatoms. The molecule has 1 aliphatic rings. The van der Waals surface area contributed by atoms with E-state index < -0.39 is 0 Å².